The Hall–Kier alpha value is -2.56. The van der Waals surface area contributed by atoms with Gasteiger partial charge in [-0.25, -0.2) is 8.42 Å². The number of ether oxygens (including phenoxy) is 2. The van der Waals surface area contributed by atoms with Gasteiger partial charge in [0.05, 0.1) is 12.3 Å². The molecule has 7 heteroatoms. The van der Waals surface area contributed by atoms with Crippen molar-refractivity contribution in [3.05, 3.63) is 48.0 Å². The first-order valence-corrected chi connectivity index (χ1v) is 8.73. The summed E-state index contributed by atoms with van der Waals surface area (Å²) in [6, 6.07) is 14.6. The van der Waals surface area contributed by atoms with Crippen molar-refractivity contribution in [2.45, 2.75) is 6.29 Å². The molecule has 3 rings (SSSR count). The zero-order valence-electron chi connectivity index (χ0n) is 12.3. The van der Waals surface area contributed by atoms with Crippen LogP contribution in [-0.2, 0) is 14.8 Å². The van der Waals surface area contributed by atoms with E-state index in [0.29, 0.717) is 17.0 Å². The number of hydrogen-bond donors (Lipinski definition) is 1. The fourth-order valence-electron chi connectivity index (χ4n) is 2.49. The Labute approximate surface area is 134 Å². The lowest BCUT2D eigenvalue weighted by atomic mass is 9.95. The molecule has 23 heavy (non-hydrogen) atoms. The van der Waals surface area contributed by atoms with Crippen LogP contribution in [0.3, 0.4) is 0 Å². The molecule has 1 unspecified atom stereocenters. The summed E-state index contributed by atoms with van der Waals surface area (Å²) in [4.78, 5) is 0. The lowest BCUT2D eigenvalue weighted by Gasteiger charge is -2.28. The summed E-state index contributed by atoms with van der Waals surface area (Å²) in [5.41, 5.74) is 2.87. The van der Waals surface area contributed by atoms with Gasteiger partial charge in [0, 0.05) is 16.8 Å². The normalized spacial score (nSPS) is 15.7. The zero-order chi connectivity index (χ0) is 16.4. The highest BCUT2D eigenvalue weighted by molar-refractivity contribution is 7.92. The second-order valence-electron chi connectivity index (χ2n) is 5.09. The van der Waals surface area contributed by atoms with Crippen LogP contribution in [0.4, 0.5) is 5.69 Å². The second kappa shape index (κ2) is 5.91. The molecule has 6 nitrogen and oxygen atoms in total. The first-order chi connectivity index (χ1) is 11.0. The molecule has 0 saturated carbocycles. The van der Waals surface area contributed by atoms with Gasteiger partial charge in [0.2, 0.25) is 16.3 Å². The number of fused-ring (bicyclic) bond motifs is 3. The largest absolute Gasteiger partial charge is 0.460 e. The van der Waals surface area contributed by atoms with Gasteiger partial charge in [0.25, 0.3) is 0 Å². The molecule has 0 bridgehead atoms. The number of para-hydroxylation sites is 1. The van der Waals surface area contributed by atoms with Gasteiger partial charge in [-0.05, 0) is 23.8 Å². The van der Waals surface area contributed by atoms with Crippen LogP contribution in [0.5, 0.6) is 5.75 Å². The number of rotatable bonds is 4. The topological polar surface area (TPSA) is 88.4 Å². The molecule has 1 aliphatic heterocycles. The third kappa shape index (κ3) is 3.28. The molecule has 1 heterocycles. The molecule has 1 aliphatic rings. The number of hydrogen-bond acceptors (Lipinski definition) is 5. The molecule has 0 aliphatic carbocycles. The van der Waals surface area contributed by atoms with Crippen LogP contribution in [-0.4, -0.2) is 21.3 Å². The minimum absolute atomic E-state index is 0.129. The molecule has 0 saturated heterocycles. The maximum absolute atomic E-state index is 11.4. The molecule has 2 aromatic carbocycles. The van der Waals surface area contributed by atoms with Crippen LogP contribution in [0.15, 0.2) is 42.5 Å². The van der Waals surface area contributed by atoms with Gasteiger partial charge in [-0.1, -0.05) is 24.3 Å². The lowest BCUT2D eigenvalue weighted by Crippen LogP contribution is -2.18. The Kier molecular flexibility index (Phi) is 3.94. The third-order valence-corrected chi connectivity index (χ3v) is 3.93. The van der Waals surface area contributed by atoms with E-state index in [1.165, 1.54) is 0 Å². The van der Waals surface area contributed by atoms with E-state index in [0.717, 1.165) is 17.4 Å². The molecule has 0 radical (unpaired) electrons. The average molecular weight is 330 g/mol. The van der Waals surface area contributed by atoms with E-state index in [1.807, 2.05) is 36.4 Å². The number of benzene rings is 2. The van der Waals surface area contributed by atoms with E-state index in [9.17, 15) is 8.42 Å². The molecular formula is C16H14N2O4S. The van der Waals surface area contributed by atoms with Gasteiger partial charge < -0.3 is 9.47 Å². The van der Waals surface area contributed by atoms with Crippen LogP contribution in [0, 0.1) is 11.3 Å². The molecule has 1 atom stereocenters. The fourth-order valence-corrected chi connectivity index (χ4v) is 3.04. The zero-order valence-corrected chi connectivity index (χ0v) is 13.1. The van der Waals surface area contributed by atoms with E-state index in [1.54, 1.807) is 12.1 Å². The molecule has 0 fully saturated rings. The van der Waals surface area contributed by atoms with Gasteiger partial charge in [-0.2, -0.15) is 5.26 Å². The molecule has 0 spiro atoms. The Balaban J connectivity index is 2.08. The third-order valence-electron chi connectivity index (χ3n) is 3.32. The van der Waals surface area contributed by atoms with Crippen molar-refractivity contribution >= 4 is 15.7 Å². The Morgan fingerprint density at radius 2 is 2.04 bits per heavy atom. The number of nitrogens with one attached hydrogen (secondary N) is 1. The van der Waals surface area contributed by atoms with Gasteiger partial charge in [0.1, 0.15) is 12.4 Å². The van der Waals surface area contributed by atoms with Crippen molar-refractivity contribution in [2.24, 2.45) is 0 Å². The number of anilines is 1. The van der Waals surface area contributed by atoms with Crippen molar-refractivity contribution in [3.8, 4) is 22.9 Å². The summed E-state index contributed by atoms with van der Waals surface area (Å²) in [6.07, 6.45) is 0.322. The summed E-state index contributed by atoms with van der Waals surface area (Å²) < 4.78 is 36.5. The van der Waals surface area contributed by atoms with E-state index in [-0.39, 0.29) is 6.61 Å². The first kappa shape index (κ1) is 15.3. The van der Waals surface area contributed by atoms with Crippen LogP contribution in [0.2, 0.25) is 0 Å². The predicted molar refractivity (Wildman–Crippen MR) is 85.3 cm³/mol. The van der Waals surface area contributed by atoms with Gasteiger partial charge in [0.15, 0.2) is 0 Å². The molecule has 0 amide bonds. The van der Waals surface area contributed by atoms with E-state index in [2.05, 4.69) is 4.72 Å². The highest BCUT2D eigenvalue weighted by Crippen LogP contribution is 2.43. The molecule has 1 N–H and O–H groups in total. The van der Waals surface area contributed by atoms with E-state index >= 15 is 0 Å². The minimum atomic E-state index is -3.38. The Morgan fingerprint density at radius 3 is 2.78 bits per heavy atom. The molecule has 2 aromatic rings. The highest BCUT2D eigenvalue weighted by Gasteiger charge is 2.27. The van der Waals surface area contributed by atoms with Crippen molar-refractivity contribution in [1.82, 2.24) is 0 Å². The lowest BCUT2D eigenvalue weighted by molar-refractivity contribution is -0.0722. The summed E-state index contributed by atoms with van der Waals surface area (Å²) in [6.45, 7) is -0.129. The quantitative estimate of drug-likeness (QED) is 0.931. The standard InChI is InChI=1S/C16H14N2O4S/c1-23(19,20)18-11-6-7-12-13-4-2-3-5-15(13)22-16(14(12)10-11)21-9-8-17/h2-7,10,16,18H,9H2,1H3. The maximum Gasteiger partial charge on any atom is 0.229 e. The van der Waals surface area contributed by atoms with Crippen molar-refractivity contribution in [3.63, 3.8) is 0 Å². The van der Waals surface area contributed by atoms with Crippen LogP contribution in [0.1, 0.15) is 11.9 Å². The van der Waals surface area contributed by atoms with Crippen LogP contribution in [0.25, 0.3) is 11.1 Å². The maximum atomic E-state index is 11.4. The molecular weight excluding hydrogens is 316 g/mol. The Morgan fingerprint density at radius 1 is 1.26 bits per heavy atom. The van der Waals surface area contributed by atoms with Crippen molar-refractivity contribution in [1.29, 1.82) is 5.26 Å². The minimum Gasteiger partial charge on any atom is -0.460 e. The summed E-state index contributed by atoms with van der Waals surface area (Å²) >= 11 is 0. The predicted octanol–water partition coefficient (Wildman–Crippen LogP) is 2.66. The molecule has 118 valence electrons. The fraction of sp³-hybridized carbons (Fsp3) is 0.188. The van der Waals surface area contributed by atoms with Crippen molar-refractivity contribution in [2.75, 3.05) is 17.6 Å². The summed E-state index contributed by atoms with van der Waals surface area (Å²) in [5, 5.41) is 8.73. The molecule has 0 aromatic heterocycles. The second-order valence-corrected chi connectivity index (χ2v) is 6.84. The highest BCUT2D eigenvalue weighted by atomic mass is 32.2. The smallest absolute Gasteiger partial charge is 0.229 e. The number of nitriles is 1. The van der Waals surface area contributed by atoms with Gasteiger partial charge in [-0.15, -0.1) is 0 Å². The van der Waals surface area contributed by atoms with E-state index < -0.39 is 16.3 Å². The summed E-state index contributed by atoms with van der Waals surface area (Å²) in [7, 11) is -3.38. The Bertz CT molecular complexity index is 887. The van der Waals surface area contributed by atoms with Gasteiger partial charge >= 0.3 is 0 Å². The van der Waals surface area contributed by atoms with Gasteiger partial charge in [-0.3, -0.25) is 4.72 Å². The van der Waals surface area contributed by atoms with E-state index in [4.69, 9.17) is 14.7 Å². The summed E-state index contributed by atoms with van der Waals surface area (Å²) in [5.74, 6) is 0.659. The van der Waals surface area contributed by atoms with Crippen LogP contribution < -0.4 is 9.46 Å². The SMILES string of the molecule is CS(=O)(=O)Nc1ccc2c(c1)C(OCC#N)Oc1ccccc1-2. The number of nitrogens with zero attached hydrogens (tertiary/aromatic N) is 1. The monoisotopic (exact) mass is 330 g/mol. The van der Waals surface area contributed by atoms with Crippen molar-refractivity contribution < 1.29 is 17.9 Å². The first-order valence-electron chi connectivity index (χ1n) is 6.84. The average Bonchev–Trinajstić information content (AvgIpc) is 2.51. The van der Waals surface area contributed by atoms with Crippen LogP contribution >= 0.6 is 0 Å². The number of sulfonamides is 1.